The first-order chi connectivity index (χ1) is 15.0. The Labute approximate surface area is 181 Å². The highest BCUT2D eigenvalue weighted by molar-refractivity contribution is 7.17. The van der Waals surface area contributed by atoms with Gasteiger partial charge in [0.25, 0.3) is 5.69 Å². The van der Waals surface area contributed by atoms with Gasteiger partial charge in [0, 0.05) is 38.3 Å². The van der Waals surface area contributed by atoms with Crippen molar-refractivity contribution in [3.63, 3.8) is 0 Å². The van der Waals surface area contributed by atoms with E-state index in [-0.39, 0.29) is 17.6 Å². The summed E-state index contributed by atoms with van der Waals surface area (Å²) in [6.07, 6.45) is 1.55. The maximum Gasteiger partial charge on any atom is 0.269 e. The summed E-state index contributed by atoms with van der Waals surface area (Å²) in [5, 5.41) is 26.5. The molecule has 1 aliphatic rings. The molecular weight excluding hydrogens is 420 g/mol. The van der Waals surface area contributed by atoms with Gasteiger partial charge in [-0.1, -0.05) is 23.5 Å². The molecular formula is C20H20N6O4S. The smallest absolute Gasteiger partial charge is 0.269 e. The van der Waals surface area contributed by atoms with Crippen molar-refractivity contribution in [2.75, 3.05) is 33.2 Å². The fourth-order valence-corrected chi connectivity index (χ4v) is 4.94. The molecule has 160 valence electrons. The van der Waals surface area contributed by atoms with Crippen molar-refractivity contribution in [2.45, 2.75) is 6.04 Å². The van der Waals surface area contributed by atoms with Crippen molar-refractivity contribution < 1.29 is 14.4 Å². The molecule has 31 heavy (non-hydrogen) atoms. The number of piperazine rings is 1. The number of furan rings is 1. The predicted molar refractivity (Wildman–Crippen MR) is 114 cm³/mol. The lowest BCUT2D eigenvalue weighted by Crippen LogP contribution is -2.46. The summed E-state index contributed by atoms with van der Waals surface area (Å²) in [6, 6.07) is 9.78. The number of thiazole rings is 1. The van der Waals surface area contributed by atoms with E-state index in [9.17, 15) is 15.2 Å². The largest absolute Gasteiger partial charge is 0.492 e. The van der Waals surface area contributed by atoms with Gasteiger partial charge in [-0.25, -0.2) is 0 Å². The van der Waals surface area contributed by atoms with E-state index >= 15 is 0 Å². The summed E-state index contributed by atoms with van der Waals surface area (Å²) in [5.41, 5.74) is 0.914. The summed E-state index contributed by atoms with van der Waals surface area (Å²) in [7, 11) is 2.08. The molecule has 0 radical (unpaired) electrons. The van der Waals surface area contributed by atoms with Crippen LogP contribution in [-0.2, 0) is 0 Å². The quantitative estimate of drug-likeness (QED) is 0.372. The Morgan fingerprint density at radius 2 is 1.94 bits per heavy atom. The number of non-ortho nitro benzene ring substituents is 1. The van der Waals surface area contributed by atoms with Crippen molar-refractivity contribution in [1.82, 2.24) is 24.4 Å². The van der Waals surface area contributed by atoms with Crippen LogP contribution < -0.4 is 0 Å². The number of rotatable bonds is 5. The van der Waals surface area contributed by atoms with Crippen LogP contribution in [0.25, 0.3) is 16.5 Å². The summed E-state index contributed by atoms with van der Waals surface area (Å²) >= 11 is 1.36. The van der Waals surface area contributed by atoms with Gasteiger partial charge in [0.15, 0.2) is 5.76 Å². The van der Waals surface area contributed by atoms with Crippen LogP contribution in [0.5, 0.6) is 5.88 Å². The third-order valence-corrected chi connectivity index (χ3v) is 6.58. The average Bonchev–Trinajstić information content (AvgIpc) is 3.49. The Morgan fingerprint density at radius 1 is 1.19 bits per heavy atom. The van der Waals surface area contributed by atoms with Crippen LogP contribution in [0.15, 0.2) is 47.1 Å². The zero-order chi connectivity index (χ0) is 21.5. The van der Waals surface area contributed by atoms with E-state index in [4.69, 9.17) is 4.42 Å². The van der Waals surface area contributed by atoms with E-state index in [1.54, 1.807) is 30.5 Å². The van der Waals surface area contributed by atoms with Gasteiger partial charge in [0.2, 0.25) is 16.7 Å². The number of aromatic hydroxyl groups is 1. The van der Waals surface area contributed by atoms with Crippen molar-refractivity contribution in [1.29, 1.82) is 0 Å². The lowest BCUT2D eigenvalue weighted by atomic mass is 10.0. The van der Waals surface area contributed by atoms with E-state index in [2.05, 4.69) is 26.9 Å². The second-order valence-corrected chi connectivity index (χ2v) is 8.50. The Kier molecular flexibility index (Phi) is 4.93. The van der Waals surface area contributed by atoms with Crippen molar-refractivity contribution in [2.24, 2.45) is 0 Å². The number of likely N-dealkylation sites (N-methyl/N-ethyl adjacent to an activating group) is 1. The molecule has 0 bridgehead atoms. The molecule has 5 rings (SSSR count). The number of hydrogen-bond acceptors (Lipinski definition) is 9. The minimum absolute atomic E-state index is 0.0209. The first-order valence-corrected chi connectivity index (χ1v) is 10.6. The zero-order valence-electron chi connectivity index (χ0n) is 16.7. The topological polar surface area (TPSA) is 113 Å². The highest BCUT2D eigenvalue weighted by Gasteiger charge is 2.31. The van der Waals surface area contributed by atoms with Gasteiger partial charge in [0.05, 0.1) is 22.1 Å². The molecule has 1 saturated heterocycles. The lowest BCUT2D eigenvalue weighted by molar-refractivity contribution is -0.384. The number of hydrogen-bond donors (Lipinski definition) is 1. The Hall–Kier alpha value is -3.28. The van der Waals surface area contributed by atoms with Gasteiger partial charge < -0.3 is 14.4 Å². The van der Waals surface area contributed by atoms with Gasteiger partial charge in [-0.15, -0.1) is 5.10 Å². The number of aromatic nitrogens is 3. The van der Waals surface area contributed by atoms with Gasteiger partial charge >= 0.3 is 0 Å². The molecule has 11 heteroatoms. The second-order valence-electron chi connectivity index (χ2n) is 7.49. The maximum absolute atomic E-state index is 11.1. The summed E-state index contributed by atoms with van der Waals surface area (Å²) in [6.45, 7) is 3.41. The highest BCUT2D eigenvalue weighted by atomic mass is 32.1. The van der Waals surface area contributed by atoms with E-state index in [0.717, 1.165) is 31.7 Å². The highest BCUT2D eigenvalue weighted by Crippen LogP contribution is 2.41. The number of nitro groups is 1. The molecule has 0 unspecified atom stereocenters. The van der Waals surface area contributed by atoms with Crippen LogP contribution in [0, 0.1) is 10.1 Å². The average molecular weight is 440 g/mol. The van der Waals surface area contributed by atoms with E-state index < -0.39 is 4.92 Å². The molecule has 0 spiro atoms. The molecule has 1 aromatic carbocycles. The third-order valence-electron chi connectivity index (χ3n) is 5.51. The molecule has 0 saturated carbocycles. The molecule has 4 aromatic rings. The minimum atomic E-state index is -0.411. The fraction of sp³-hybridized carbons (Fsp3) is 0.300. The number of nitro benzene ring substituents is 1. The molecule has 3 aromatic heterocycles. The molecule has 4 heterocycles. The van der Waals surface area contributed by atoms with Crippen LogP contribution in [0.2, 0.25) is 0 Å². The van der Waals surface area contributed by atoms with Gasteiger partial charge in [-0.3, -0.25) is 15.0 Å². The van der Waals surface area contributed by atoms with Gasteiger partial charge in [0.1, 0.15) is 0 Å². The lowest BCUT2D eigenvalue weighted by Gasteiger charge is -2.37. The van der Waals surface area contributed by atoms with Crippen molar-refractivity contribution in [3.05, 3.63) is 63.2 Å². The van der Waals surface area contributed by atoms with Gasteiger partial charge in [-0.05, 0) is 24.7 Å². The Balaban J connectivity index is 1.57. The first kappa shape index (κ1) is 19.7. The summed E-state index contributed by atoms with van der Waals surface area (Å²) in [5.74, 6) is 0.958. The van der Waals surface area contributed by atoms with Crippen LogP contribution in [0.3, 0.4) is 0 Å². The molecule has 10 nitrogen and oxygen atoms in total. The van der Waals surface area contributed by atoms with Gasteiger partial charge in [-0.2, -0.15) is 9.50 Å². The number of fused-ring (bicyclic) bond motifs is 1. The maximum atomic E-state index is 11.1. The summed E-state index contributed by atoms with van der Waals surface area (Å²) < 4.78 is 6.78. The molecule has 1 fully saturated rings. The second kappa shape index (κ2) is 7.76. The zero-order valence-corrected chi connectivity index (χ0v) is 17.5. The fourth-order valence-electron chi connectivity index (χ4n) is 3.82. The number of nitrogens with zero attached hydrogens (tertiary/aromatic N) is 6. The predicted octanol–water partition coefficient (Wildman–Crippen LogP) is 3.00. The molecule has 1 aliphatic heterocycles. The van der Waals surface area contributed by atoms with Crippen LogP contribution in [0.1, 0.15) is 16.5 Å². The monoisotopic (exact) mass is 440 g/mol. The summed E-state index contributed by atoms with van der Waals surface area (Å²) in [4.78, 5) is 21.0. The SMILES string of the molecule is CN1CCN([C@@H](c2ccc([N+](=O)[O-])cc2)c2sc3nc(-c4ccco4)nn3c2O)CC1. The van der Waals surface area contributed by atoms with Crippen molar-refractivity contribution in [3.8, 4) is 17.5 Å². The minimum Gasteiger partial charge on any atom is -0.492 e. The van der Waals surface area contributed by atoms with Crippen LogP contribution in [0.4, 0.5) is 5.69 Å². The van der Waals surface area contributed by atoms with Crippen LogP contribution >= 0.6 is 11.3 Å². The standard InChI is InChI=1S/C20H20N6O4S/c1-23-8-10-24(11-9-23)16(13-4-6-14(7-5-13)26(28)29)17-19(27)25-20(31-17)21-18(22-25)15-3-2-12-30-15/h2-7,12,16,27H,8-11H2,1H3/t16-/m0/s1. The molecule has 0 aliphatic carbocycles. The van der Waals surface area contributed by atoms with E-state index in [1.165, 1.54) is 28.0 Å². The molecule has 1 N–H and O–H groups in total. The van der Waals surface area contributed by atoms with E-state index in [1.807, 2.05) is 0 Å². The Morgan fingerprint density at radius 3 is 2.55 bits per heavy atom. The normalized spacial score (nSPS) is 16.7. The molecule has 1 atom stereocenters. The number of benzene rings is 1. The first-order valence-electron chi connectivity index (χ1n) is 9.80. The van der Waals surface area contributed by atoms with Crippen molar-refractivity contribution >= 4 is 22.0 Å². The Bertz CT molecular complexity index is 1210. The molecule has 0 amide bonds. The van der Waals surface area contributed by atoms with E-state index in [0.29, 0.717) is 21.4 Å². The third kappa shape index (κ3) is 3.56. The van der Waals surface area contributed by atoms with Crippen LogP contribution in [-0.4, -0.2) is 67.7 Å².